The fourth-order valence-electron chi connectivity index (χ4n) is 2.74. The smallest absolute Gasteiger partial charge is 0.342 e. The number of alkyl halides is 3. The van der Waals surface area contributed by atoms with Crippen LogP contribution in [0.4, 0.5) is 13.2 Å². The van der Waals surface area contributed by atoms with Gasteiger partial charge in [0.25, 0.3) is 0 Å². The average molecular weight is 301 g/mol. The minimum atomic E-state index is -4.17. The van der Waals surface area contributed by atoms with E-state index in [1.807, 2.05) is 0 Å². The van der Waals surface area contributed by atoms with Crippen LogP contribution in [0.3, 0.4) is 0 Å². The molecule has 0 radical (unpaired) electrons. The summed E-state index contributed by atoms with van der Waals surface area (Å²) in [6.07, 6.45) is -2.23. The van der Waals surface area contributed by atoms with Gasteiger partial charge in [0, 0.05) is 19.5 Å². The summed E-state index contributed by atoms with van der Waals surface area (Å²) in [7, 11) is 0. The van der Waals surface area contributed by atoms with Crippen LogP contribution in [-0.2, 0) is 4.79 Å². The SMILES string of the molecule is Cl.O=C(CC1CCNC1)N1CCCC(C(F)(F)F)C1. The number of amides is 1. The molecule has 1 N–H and O–H groups in total. The van der Waals surface area contributed by atoms with Gasteiger partial charge in [-0.05, 0) is 38.3 Å². The van der Waals surface area contributed by atoms with Crippen molar-refractivity contribution in [1.29, 1.82) is 0 Å². The number of rotatable bonds is 2. The molecule has 0 aliphatic carbocycles. The van der Waals surface area contributed by atoms with Crippen molar-refractivity contribution in [3.8, 4) is 0 Å². The first-order valence-electron chi connectivity index (χ1n) is 6.52. The van der Waals surface area contributed by atoms with Crippen LogP contribution in [0.15, 0.2) is 0 Å². The molecule has 2 aliphatic rings. The summed E-state index contributed by atoms with van der Waals surface area (Å²) in [6, 6.07) is 0. The van der Waals surface area contributed by atoms with Gasteiger partial charge in [-0.1, -0.05) is 0 Å². The lowest BCUT2D eigenvalue weighted by molar-refractivity contribution is -0.188. The normalized spacial score (nSPS) is 28.1. The fraction of sp³-hybridized carbons (Fsp3) is 0.917. The van der Waals surface area contributed by atoms with E-state index in [-0.39, 0.29) is 31.3 Å². The number of hydrogen-bond acceptors (Lipinski definition) is 2. The van der Waals surface area contributed by atoms with Crippen molar-refractivity contribution < 1.29 is 18.0 Å². The molecule has 19 heavy (non-hydrogen) atoms. The fourth-order valence-corrected chi connectivity index (χ4v) is 2.74. The van der Waals surface area contributed by atoms with E-state index in [9.17, 15) is 18.0 Å². The predicted octanol–water partition coefficient (Wildman–Crippen LogP) is 2.21. The van der Waals surface area contributed by atoms with Crippen LogP contribution in [-0.4, -0.2) is 43.2 Å². The van der Waals surface area contributed by atoms with Gasteiger partial charge in [-0.2, -0.15) is 13.2 Å². The number of likely N-dealkylation sites (tertiary alicyclic amines) is 1. The Morgan fingerprint density at radius 1 is 1.32 bits per heavy atom. The second-order valence-corrected chi connectivity index (χ2v) is 5.28. The second kappa shape index (κ2) is 6.79. The van der Waals surface area contributed by atoms with Gasteiger partial charge in [-0.25, -0.2) is 0 Å². The van der Waals surface area contributed by atoms with Gasteiger partial charge in [0.15, 0.2) is 0 Å². The molecule has 0 saturated carbocycles. The third-order valence-corrected chi connectivity index (χ3v) is 3.86. The first kappa shape index (κ1) is 16.6. The maximum absolute atomic E-state index is 12.6. The molecule has 7 heteroatoms. The topological polar surface area (TPSA) is 32.3 Å². The zero-order chi connectivity index (χ0) is 13.2. The van der Waals surface area contributed by atoms with Gasteiger partial charge < -0.3 is 10.2 Å². The van der Waals surface area contributed by atoms with E-state index in [0.29, 0.717) is 25.3 Å². The quantitative estimate of drug-likeness (QED) is 0.848. The van der Waals surface area contributed by atoms with Crippen LogP contribution >= 0.6 is 12.4 Å². The molecule has 2 saturated heterocycles. The van der Waals surface area contributed by atoms with Gasteiger partial charge in [-0.15, -0.1) is 12.4 Å². The second-order valence-electron chi connectivity index (χ2n) is 5.28. The monoisotopic (exact) mass is 300 g/mol. The molecule has 0 aromatic carbocycles. The number of nitrogens with zero attached hydrogens (tertiary/aromatic N) is 1. The van der Waals surface area contributed by atoms with Gasteiger partial charge in [0.05, 0.1) is 5.92 Å². The number of hydrogen-bond donors (Lipinski definition) is 1. The average Bonchev–Trinajstić information content (AvgIpc) is 2.81. The summed E-state index contributed by atoms with van der Waals surface area (Å²) in [5.74, 6) is -1.15. The molecule has 2 atom stereocenters. The number of carbonyl (C=O) groups is 1. The van der Waals surface area contributed by atoms with E-state index in [1.54, 1.807) is 0 Å². The molecule has 2 fully saturated rings. The summed E-state index contributed by atoms with van der Waals surface area (Å²) in [5, 5.41) is 3.16. The molecule has 0 spiro atoms. The molecule has 2 heterocycles. The number of piperidine rings is 1. The standard InChI is InChI=1S/C12H19F3N2O.ClH/c13-12(14,15)10-2-1-5-17(8-10)11(18)6-9-3-4-16-7-9;/h9-10,16H,1-8H2;1H. The molecule has 1 amide bonds. The summed E-state index contributed by atoms with van der Waals surface area (Å²) in [6.45, 7) is 2.04. The molecule has 2 unspecified atom stereocenters. The van der Waals surface area contributed by atoms with Crippen molar-refractivity contribution in [3.05, 3.63) is 0 Å². The van der Waals surface area contributed by atoms with Crippen LogP contribution in [0.2, 0.25) is 0 Å². The summed E-state index contributed by atoms with van der Waals surface area (Å²) in [4.78, 5) is 13.4. The lowest BCUT2D eigenvalue weighted by Gasteiger charge is -2.34. The maximum Gasteiger partial charge on any atom is 0.393 e. The van der Waals surface area contributed by atoms with Crippen molar-refractivity contribution in [3.63, 3.8) is 0 Å². The first-order valence-corrected chi connectivity index (χ1v) is 6.52. The Hall–Kier alpha value is -0.490. The molecule has 0 aromatic rings. The van der Waals surface area contributed by atoms with Crippen molar-refractivity contribution in [2.24, 2.45) is 11.8 Å². The molecule has 112 valence electrons. The Balaban J connectivity index is 0.00000180. The lowest BCUT2D eigenvalue weighted by atomic mass is 9.96. The highest BCUT2D eigenvalue weighted by Gasteiger charge is 2.42. The van der Waals surface area contributed by atoms with Gasteiger partial charge in [-0.3, -0.25) is 4.79 Å². The predicted molar refractivity (Wildman–Crippen MR) is 68.2 cm³/mol. The van der Waals surface area contributed by atoms with Crippen molar-refractivity contribution in [2.45, 2.75) is 31.9 Å². The first-order chi connectivity index (χ1) is 8.47. The largest absolute Gasteiger partial charge is 0.393 e. The van der Waals surface area contributed by atoms with E-state index in [1.165, 1.54) is 4.90 Å². The van der Waals surface area contributed by atoms with Crippen molar-refractivity contribution in [2.75, 3.05) is 26.2 Å². The number of nitrogens with one attached hydrogen (secondary N) is 1. The molecular formula is C12H20ClF3N2O. The molecule has 3 nitrogen and oxygen atoms in total. The summed E-state index contributed by atoms with van der Waals surface area (Å²) in [5.41, 5.74) is 0. The van der Waals surface area contributed by atoms with Crippen LogP contribution in [0, 0.1) is 11.8 Å². The third-order valence-electron chi connectivity index (χ3n) is 3.86. The third kappa shape index (κ3) is 4.53. The summed E-state index contributed by atoms with van der Waals surface area (Å²) >= 11 is 0. The minimum Gasteiger partial charge on any atom is -0.342 e. The maximum atomic E-state index is 12.6. The van der Waals surface area contributed by atoms with Crippen LogP contribution < -0.4 is 5.32 Å². The van der Waals surface area contributed by atoms with Crippen LogP contribution in [0.25, 0.3) is 0 Å². The van der Waals surface area contributed by atoms with Crippen molar-refractivity contribution in [1.82, 2.24) is 10.2 Å². The zero-order valence-electron chi connectivity index (χ0n) is 10.7. The zero-order valence-corrected chi connectivity index (χ0v) is 11.5. The Bertz CT molecular complexity index is 306. The molecule has 2 rings (SSSR count). The van der Waals surface area contributed by atoms with Crippen LogP contribution in [0.5, 0.6) is 0 Å². The van der Waals surface area contributed by atoms with E-state index in [2.05, 4.69) is 5.32 Å². The molecule has 0 bridgehead atoms. The number of carbonyl (C=O) groups excluding carboxylic acids is 1. The number of halogens is 4. The van der Waals surface area contributed by atoms with E-state index in [4.69, 9.17) is 0 Å². The molecular weight excluding hydrogens is 281 g/mol. The van der Waals surface area contributed by atoms with E-state index in [0.717, 1.165) is 19.5 Å². The Kier molecular flexibility index (Phi) is 5.92. The van der Waals surface area contributed by atoms with Gasteiger partial charge in [0.2, 0.25) is 5.91 Å². The summed E-state index contributed by atoms with van der Waals surface area (Å²) < 4.78 is 37.9. The molecule has 0 aromatic heterocycles. The van der Waals surface area contributed by atoms with E-state index < -0.39 is 12.1 Å². The van der Waals surface area contributed by atoms with Crippen molar-refractivity contribution >= 4 is 18.3 Å². The highest BCUT2D eigenvalue weighted by molar-refractivity contribution is 5.85. The Morgan fingerprint density at radius 3 is 2.63 bits per heavy atom. The molecule has 2 aliphatic heterocycles. The Morgan fingerprint density at radius 2 is 2.05 bits per heavy atom. The van der Waals surface area contributed by atoms with Crippen LogP contribution in [0.1, 0.15) is 25.7 Å². The highest BCUT2D eigenvalue weighted by Crippen LogP contribution is 2.33. The lowest BCUT2D eigenvalue weighted by Crippen LogP contribution is -2.45. The van der Waals surface area contributed by atoms with Gasteiger partial charge in [0.1, 0.15) is 0 Å². The van der Waals surface area contributed by atoms with Gasteiger partial charge >= 0.3 is 6.18 Å². The van der Waals surface area contributed by atoms with E-state index >= 15 is 0 Å². The minimum absolute atomic E-state index is 0. The Labute approximate surface area is 117 Å². The highest BCUT2D eigenvalue weighted by atomic mass is 35.5.